The van der Waals surface area contributed by atoms with Gasteiger partial charge >= 0.3 is 0 Å². The van der Waals surface area contributed by atoms with Gasteiger partial charge in [-0.2, -0.15) is 0 Å². The first-order chi connectivity index (χ1) is 13.4. The predicted molar refractivity (Wildman–Crippen MR) is 127 cm³/mol. The largest absolute Gasteiger partial charge is 0.134 e. The van der Waals surface area contributed by atoms with Crippen LogP contribution in [0.3, 0.4) is 0 Å². The summed E-state index contributed by atoms with van der Waals surface area (Å²) >= 11 is 1.95. The van der Waals surface area contributed by atoms with E-state index in [4.69, 9.17) is 0 Å². The van der Waals surface area contributed by atoms with Gasteiger partial charge in [0.15, 0.2) is 0 Å². The van der Waals surface area contributed by atoms with Gasteiger partial charge in [0.1, 0.15) is 0 Å². The molecule has 0 amide bonds. The van der Waals surface area contributed by atoms with E-state index in [0.29, 0.717) is 0 Å². The Hall–Kier alpha value is -0.690. The van der Waals surface area contributed by atoms with E-state index < -0.39 is 0 Å². The second-order valence-electron chi connectivity index (χ2n) is 7.89. The van der Waals surface area contributed by atoms with Gasteiger partial charge in [-0.05, 0) is 29.2 Å². The van der Waals surface area contributed by atoms with Crippen LogP contribution < -0.4 is 0 Å². The fraction of sp³-hybridized carbons (Fsp3) is 0.692. The molecule has 0 N–H and O–H groups in total. The molecular formula is C26H44S. The van der Waals surface area contributed by atoms with Gasteiger partial charge in [-0.1, -0.05) is 134 Å². The lowest BCUT2D eigenvalue weighted by Gasteiger charge is -2.03. The number of unbranched alkanes of at least 4 members (excludes halogenated alkanes) is 15. The summed E-state index contributed by atoms with van der Waals surface area (Å²) in [5, 5.41) is 2.25. The smallest absolute Gasteiger partial charge is 0.00260 e. The van der Waals surface area contributed by atoms with Crippen LogP contribution in [0.5, 0.6) is 0 Å². The van der Waals surface area contributed by atoms with E-state index in [1.165, 1.54) is 114 Å². The number of hydrogen-bond acceptors (Lipinski definition) is 1. The summed E-state index contributed by atoms with van der Waals surface area (Å²) < 4.78 is 0. The second-order valence-corrected chi connectivity index (χ2v) is 8.90. The van der Waals surface area contributed by atoms with Crippen LogP contribution in [0, 0.1) is 0 Å². The van der Waals surface area contributed by atoms with Crippen molar-refractivity contribution in [3.8, 4) is 0 Å². The molecule has 1 rings (SSSR count). The quantitative estimate of drug-likeness (QED) is 0.212. The van der Waals surface area contributed by atoms with Crippen molar-refractivity contribution in [2.75, 3.05) is 5.75 Å². The normalized spacial score (nSPS) is 11.4. The van der Waals surface area contributed by atoms with Crippen molar-refractivity contribution >= 4 is 17.8 Å². The van der Waals surface area contributed by atoms with E-state index in [9.17, 15) is 0 Å². The Labute approximate surface area is 174 Å². The first-order valence-corrected chi connectivity index (χ1v) is 12.8. The lowest BCUT2D eigenvalue weighted by atomic mass is 10.0. The molecule has 154 valence electrons. The Morgan fingerprint density at radius 2 is 1.04 bits per heavy atom. The average Bonchev–Trinajstić information content (AvgIpc) is 2.70. The standard InChI is InChI=1S/C26H44S/c1-2-3-4-5-6-7-8-9-10-11-12-13-14-15-16-20-24-27-25-23-26-21-18-17-19-22-26/h17-19,21-23,25H,2-16,20,24H2,1H3/b25-23+. The SMILES string of the molecule is CCCCCCCCCCCCCCCCCCS/C=C/c1ccccc1. The molecule has 0 unspecified atom stereocenters. The van der Waals surface area contributed by atoms with Crippen molar-refractivity contribution in [2.45, 2.75) is 110 Å². The van der Waals surface area contributed by atoms with Crippen LogP contribution in [-0.4, -0.2) is 5.75 Å². The van der Waals surface area contributed by atoms with Crippen molar-refractivity contribution in [3.05, 3.63) is 41.3 Å². The van der Waals surface area contributed by atoms with Gasteiger partial charge < -0.3 is 0 Å². The summed E-state index contributed by atoms with van der Waals surface area (Å²) in [7, 11) is 0. The molecule has 0 saturated carbocycles. The third-order valence-corrected chi connectivity index (χ3v) is 6.12. The highest BCUT2D eigenvalue weighted by Crippen LogP contribution is 2.15. The molecular weight excluding hydrogens is 344 g/mol. The van der Waals surface area contributed by atoms with E-state index in [2.05, 4.69) is 48.7 Å². The highest BCUT2D eigenvalue weighted by molar-refractivity contribution is 8.02. The van der Waals surface area contributed by atoms with E-state index in [1.54, 1.807) is 0 Å². The Morgan fingerprint density at radius 3 is 1.52 bits per heavy atom. The van der Waals surface area contributed by atoms with Crippen LogP contribution in [0.25, 0.3) is 6.08 Å². The molecule has 0 spiro atoms. The van der Waals surface area contributed by atoms with Crippen LogP contribution in [0.4, 0.5) is 0 Å². The molecule has 0 aromatic heterocycles. The highest BCUT2D eigenvalue weighted by Gasteiger charge is 1.94. The van der Waals surface area contributed by atoms with Gasteiger partial charge in [-0.15, -0.1) is 11.8 Å². The Kier molecular flexibility index (Phi) is 18.1. The molecule has 1 aromatic carbocycles. The fourth-order valence-corrected chi connectivity index (χ4v) is 4.25. The summed E-state index contributed by atoms with van der Waals surface area (Å²) in [6, 6.07) is 10.6. The molecule has 27 heavy (non-hydrogen) atoms. The molecule has 0 aliphatic carbocycles. The fourth-order valence-electron chi connectivity index (χ4n) is 3.49. The van der Waals surface area contributed by atoms with E-state index >= 15 is 0 Å². The van der Waals surface area contributed by atoms with Gasteiger partial charge in [0.25, 0.3) is 0 Å². The van der Waals surface area contributed by atoms with Crippen molar-refractivity contribution in [1.82, 2.24) is 0 Å². The van der Waals surface area contributed by atoms with Crippen molar-refractivity contribution in [1.29, 1.82) is 0 Å². The molecule has 0 aliphatic rings. The summed E-state index contributed by atoms with van der Waals surface area (Å²) in [6.07, 6.45) is 25.3. The van der Waals surface area contributed by atoms with Crippen molar-refractivity contribution in [2.24, 2.45) is 0 Å². The van der Waals surface area contributed by atoms with Gasteiger partial charge in [0, 0.05) is 0 Å². The maximum Gasteiger partial charge on any atom is -0.00260 e. The summed E-state index contributed by atoms with van der Waals surface area (Å²) in [5.41, 5.74) is 1.30. The number of rotatable bonds is 19. The topological polar surface area (TPSA) is 0 Å². The molecule has 0 heterocycles. The lowest BCUT2D eigenvalue weighted by molar-refractivity contribution is 0.532. The molecule has 1 aromatic rings. The molecule has 0 atom stereocenters. The van der Waals surface area contributed by atoms with Crippen molar-refractivity contribution < 1.29 is 0 Å². The van der Waals surface area contributed by atoms with Crippen LogP contribution >= 0.6 is 11.8 Å². The predicted octanol–water partition coefficient (Wildman–Crippen LogP) is 9.65. The minimum atomic E-state index is 1.27. The Bertz CT molecular complexity index is 423. The highest BCUT2D eigenvalue weighted by atomic mass is 32.2. The maximum atomic E-state index is 2.30. The zero-order chi connectivity index (χ0) is 19.3. The van der Waals surface area contributed by atoms with Crippen LogP contribution in [0.15, 0.2) is 35.7 Å². The number of hydrogen-bond donors (Lipinski definition) is 0. The zero-order valence-electron chi connectivity index (χ0n) is 18.0. The average molecular weight is 389 g/mol. The second kappa shape index (κ2) is 20.1. The van der Waals surface area contributed by atoms with Crippen LogP contribution in [0.2, 0.25) is 0 Å². The van der Waals surface area contributed by atoms with Crippen LogP contribution in [-0.2, 0) is 0 Å². The van der Waals surface area contributed by atoms with Crippen molar-refractivity contribution in [3.63, 3.8) is 0 Å². The zero-order valence-corrected chi connectivity index (χ0v) is 18.8. The summed E-state index contributed by atoms with van der Waals surface area (Å²) in [6.45, 7) is 2.30. The minimum absolute atomic E-state index is 1.27. The minimum Gasteiger partial charge on any atom is -0.134 e. The molecule has 0 bridgehead atoms. The monoisotopic (exact) mass is 388 g/mol. The molecule has 0 saturated heterocycles. The van der Waals surface area contributed by atoms with E-state index in [-0.39, 0.29) is 0 Å². The Balaban J connectivity index is 1.71. The maximum absolute atomic E-state index is 2.30. The third-order valence-electron chi connectivity index (χ3n) is 5.27. The molecule has 0 aliphatic heterocycles. The molecule has 1 heteroatoms. The molecule has 0 fully saturated rings. The number of thioether (sulfide) groups is 1. The number of benzene rings is 1. The molecule has 0 nitrogen and oxygen atoms in total. The third kappa shape index (κ3) is 17.2. The van der Waals surface area contributed by atoms with Gasteiger partial charge in [-0.25, -0.2) is 0 Å². The summed E-state index contributed by atoms with van der Waals surface area (Å²) in [4.78, 5) is 0. The summed E-state index contributed by atoms with van der Waals surface area (Å²) in [5.74, 6) is 1.27. The van der Waals surface area contributed by atoms with Crippen LogP contribution in [0.1, 0.15) is 115 Å². The first kappa shape index (κ1) is 24.3. The van der Waals surface area contributed by atoms with E-state index in [1.807, 2.05) is 11.8 Å². The Morgan fingerprint density at radius 1 is 0.593 bits per heavy atom. The van der Waals surface area contributed by atoms with Gasteiger partial charge in [-0.3, -0.25) is 0 Å². The lowest BCUT2D eigenvalue weighted by Crippen LogP contribution is -1.84. The first-order valence-electron chi connectivity index (χ1n) is 11.8. The van der Waals surface area contributed by atoms with Gasteiger partial charge in [0.2, 0.25) is 0 Å². The molecule has 0 radical (unpaired) electrons. The van der Waals surface area contributed by atoms with E-state index in [0.717, 1.165) is 0 Å². The van der Waals surface area contributed by atoms with Gasteiger partial charge in [0.05, 0.1) is 0 Å².